The molecule has 0 saturated carbocycles. The van der Waals surface area contributed by atoms with E-state index < -0.39 is 15.1 Å². The second-order valence-corrected chi connectivity index (χ2v) is 7.17. The molecule has 18 heavy (non-hydrogen) atoms. The Morgan fingerprint density at radius 3 is 2.61 bits per heavy atom. The third-order valence-electron chi connectivity index (χ3n) is 3.06. The minimum Gasteiger partial charge on any atom is -0.464 e. The predicted molar refractivity (Wildman–Crippen MR) is 71.9 cm³/mol. The number of fused-ring (bicyclic) bond motifs is 1. The van der Waals surface area contributed by atoms with Gasteiger partial charge in [0.05, 0.1) is 17.3 Å². The van der Waals surface area contributed by atoms with Crippen molar-refractivity contribution >= 4 is 20.8 Å². The van der Waals surface area contributed by atoms with E-state index in [1.165, 1.54) is 6.26 Å². The third-order valence-corrected chi connectivity index (χ3v) is 5.21. The zero-order valence-electron chi connectivity index (χ0n) is 10.5. The van der Waals surface area contributed by atoms with Crippen molar-refractivity contribution in [1.82, 2.24) is 0 Å². The van der Waals surface area contributed by atoms with E-state index in [9.17, 15) is 8.42 Å². The summed E-state index contributed by atoms with van der Waals surface area (Å²) < 4.78 is 29.3. The van der Waals surface area contributed by atoms with Crippen LogP contribution in [0.15, 0.2) is 28.9 Å². The molecule has 2 N–H and O–H groups in total. The highest BCUT2D eigenvalue weighted by atomic mass is 32.2. The Balaban J connectivity index is 2.53. The minimum absolute atomic E-state index is 0.00528. The van der Waals surface area contributed by atoms with E-state index >= 15 is 0 Å². The lowest BCUT2D eigenvalue weighted by Crippen LogP contribution is -2.16. The van der Waals surface area contributed by atoms with Gasteiger partial charge in [-0.2, -0.15) is 0 Å². The smallest absolute Gasteiger partial charge is 0.156 e. The first-order valence-electron chi connectivity index (χ1n) is 5.85. The molecule has 4 nitrogen and oxygen atoms in total. The molecular weight excluding hydrogens is 250 g/mol. The summed E-state index contributed by atoms with van der Waals surface area (Å²) in [6, 6.07) is 5.57. The van der Waals surface area contributed by atoms with E-state index in [0.717, 1.165) is 10.9 Å². The van der Waals surface area contributed by atoms with E-state index in [4.69, 9.17) is 10.2 Å². The Kier molecular flexibility index (Phi) is 3.45. The van der Waals surface area contributed by atoms with Gasteiger partial charge in [-0.3, -0.25) is 0 Å². The predicted octanol–water partition coefficient (Wildman–Crippen LogP) is 2.21. The average Bonchev–Trinajstić information content (AvgIpc) is 2.71. The van der Waals surface area contributed by atoms with Gasteiger partial charge in [-0.15, -0.1) is 0 Å². The molecular formula is C13H17NO3S. The van der Waals surface area contributed by atoms with Crippen LogP contribution in [0.5, 0.6) is 0 Å². The molecule has 0 spiro atoms. The van der Waals surface area contributed by atoms with Gasteiger partial charge < -0.3 is 10.2 Å². The topological polar surface area (TPSA) is 73.3 Å². The van der Waals surface area contributed by atoms with Gasteiger partial charge in [0.1, 0.15) is 5.58 Å². The normalized spacial score (nSPS) is 12.4. The molecule has 0 saturated heterocycles. The molecule has 5 heteroatoms. The summed E-state index contributed by atoms with van der Waals surface area (Å²) >= 11 is 0. The Bertz CT molecular complexity index is 656. The van der Waals surface area contributed by atoms with Crippen LogP contribution in [0, 0.1) is 0 Å². The largest absolute Gasteiger partial charge is 0.464 e. The van der Waals surface area contributed by atoms with E-state index in [1.54, 1.807) is 13.8 Å². The fraction of sp³-hybridized carbons (Fsp3) is 0.385. The molecule has 0 amide bonds. The Hall–Kier alpha value is -1.33. The van der Waals surface area contributed by atoms with Gasteiger partial charge >= 0.3 is 0 Å². The van der Waals surface area contributed by atoms with Crippen LogP contribution >= 0.6 is 0 Å². The van der Waals surface area contributed by atoms with Crippen molar-refractivity contribution in [3.05, 3.63) is 35.6 Å². The lowest BCUT2D eigenvalue weighted by Gasteiger charge is -2.07. The van der Waals surface area contributed by atoms with E-state index in [2.05, 4.69) is 0 Å². The molecule has 0 atom stereocenters. The van der Waals surface area contributed by atoms with Crippen molar-refractivity contribution in [2.24, 2.45) is 5.73 Å². The van der Waals surface area contributed by atoms with Crippen LogP contribution in [0.4, 0.5) is 0 Å². The fourth-order valence-corrected chi connectivity index (χ4v) is 2.87. The molecule has 0 radical (unpaired) electrons. The summed E-state index contributed by atoms with van der Waals surface area (Å²) in [6.45, 7) is 3.73. The van der Waals surface area contributed by atoms with Gasteiger partial charge in [0.25, 0.3) is 0 Å². The minimum atomic E-state index is -3.14. The fourth-order valence-electron chi connectivity index (χ4n) is 1.89. The number of sulfone groups is 1. The van der Waals surface area contributed by atoms with Crippen LogP contribution in [-0.2, 0) is 22.1 Å². The maximum atomic E-state index is 12.0. The molecule has 2 rings (SSSR count). The molecule has 0 bridgehead atoms. The van der Waals surface area contributed by atoms with Crippen LogP contribution in [0.2, 0.25) is 0 Å². The highest BCUT2D eigenvalue weighted by Crippen LogP contribution is 2.27. The number of hydrogen-bond donors (Lipinski definition) is 1. The summed E-state index contributed by atoms with van der Waals surface area (Å²) in [4.78, 5) is 0. The zero-order chi connectivity index (χ0) is 13.3. The molecule has 0 fully saturated rings. The molecule has 1 aromatic heterocycles. The SMILES string of the molecule is CC(C)S(=O)(=O)Cc1coc2cccc(CN)c12. The molecule has 1 heterocycles. The van der Waals surface area contributed by atoms with Gasteiger partial charge in [0.2, 0.25) is 0 Å². The van der Waals surface area contributed by atoms with Gasteiger partial charge in [-0.25, -0.2) is 8.42 Å². The molecule has 0 unspecified atom stereocenters. The Morgan fingerprint density at radius 2 is 2.00 bits per heavy atom. The first-order valence-corrected chi connectivity index (χ1v) is 7.57. The maximum absolute atomic E-state index is 12.0. The van der Waals surface area contributed by atoms with E-state index in [1.807, 2.05) is 18.2 Å². The average molecular weight is 267 g/mol. The molecule has 98 valence electrons. The Morgan fingerprint density at radius 1 is 1.28 bits per heavy atom. The van der Waals surface area contributed by atoms with Gasteiger partial charge in [0, 0.05) is 17.5 Å². The van der Waals surface area contributed by atoms with Crippen LogP contribution in [0.25, 0.3) is 11.0 Å². The van der Waals surface area contributed by atoms with Crippen molar-refractivity contribution in [1.29, 1.82) is 0 Å². The van der Waals surface area contributed by atoms with Crippen molar-refractivity contribution in [3.63, 3.8) is 0 Å². The lowest BCUT2D eigenvalue weighted by atomic mass is 10.1. The standard InChI is InChI=1S/C13H17NO3S/c1-9(2)18(15,16)8-11-7-17-12-5-3-4-10(6-14)13(11)12/h3-5,7,9H,6,8,14H2,1-2H3. The molecule has 0 aliphatic heterocycles. The first kappa shape index (κ1) is 13.1. The van der Waals surface area contributed by atoms with Gasteiger partial charge in [-0.1, -0.05) is 12.1 Å². The molecule has 0 aliphatic rings. The summed E-state index contributed by atoms with van der Waals surface area (Å²) in [7, 11) is -3.14. The van der Waals surface area contributed by atoms with Gasteiger partial charge in [0.15, 0.2) is 9.84 Å². The van der Waals surface area contributed by atoms with Crippen LogP contribution < -0.4 is 5.73 Å². The summed E-state index contributed by atoms with van der Waals surface area (Å²) in [5.74, 6) is -0.00528. The summed E-state index contributed by atoms with van der Waals surface area (Å²) in [5.41, 5.74) is 7.97. The lowest BCUT2D eigenvalue weighted by molar-refractivity contribution is 0.584. The number of hydrogen-bond acceptors (Lipinski definition) is 4. The van der Waals surface area contributed by atoms with Crippen molar-refractivity contribution in [2.45, 2.75) is 31.4 Å². The summed E-state index contributed by atoms with van der Waals surface area (Å²) in [6.07, 6.45) is 1.52. The monoisotopic (exact) mass is 267 g/mol. The zero-order valence-corrected chi connectivity index (χ0v) is 11.3. The maximum Gasteiger partial charge on any atom is 0.156 e. The number of rotatable bonds is 4. The van der Waals surface area contributed by atoms with Crippen molar-refractivity contribution < 1.29 is 12.8 Å². The van der Waals surface area contributed by atoms with E-state index in [0.29, 0.717) is 17.7 Å². The summed E-state index contributed by atoms with van der Waals surface area (Å²) in [5, 5.41) is 0.441. The first-order chi connectivity index (χ1) is 8.45. The van der Waals surface area contributed by atoms with Crippen molar-refractivity contribution in [3.8, 4) is 0 Å². The van der Waals surface area contributed by atoms with Gasteiger partial charge in [-0.05, 0) is 25.5 Å². The van der Waals surface area contributed by atoms with Crippen molar-refractivity contribution in [2.75, 3.05) is 0 Å². The highest BCUT2D eigenvalue weighted by Gasteiger charge is 2.20. The second-order valence-electron chi connectivity index (χ2n) is 4.61. The number of benzene rings is 1. The molecule has 0 aliphatic carbocycles. The molecule has 1 aromatic carbocycles. The molecule has 2 aromatic rings. The van der Waals surface area contributed by atoms with E-state index in [-0.39, 0.29) is 5.75 Å². The highest BCUT2D eigenvalue weighted by molar-refractivity contribution is 7.91. The second kappa shape index (κ2) is 4.74. The number of furan rings is 1. The van der Waals surface area contributed by atoms with Crippen LogP contribution in [0.1, 0.15) is 25.0 Å². The Labute approximate surface area is 107 Å². The quantitative estimate of drug-likeness (QED) is 0.921. The third kappa shape index (κ3) is 2.28. The van der Waals surface area contributed by atoms with Crippen LogP contribution in [-0.4, -0.2) is 13.7 Å². The number of nitrogens with two attached hydrogens (primary N) is 1. The van der Waals surface area contributed by atoms with Crippen LogP contribution in [0.3, 0.4) is 0 Å².